The second kappa shape index (κ2) is 6.25. The lowest BCUT2D eigenvalue weighted by atomic mass is 10.2. The van der Waals surface area contributed by atoms with E-state index in [0.717, 1.165) is 6.04 Å². The molecule has 0 bridgehead atoms. The van der Waals surface area contributed by atoms with Gasteiger partial charge in [0, 0.05) is 32.2 Å². The molecule has 1 aromatic heterocycles. The van der Waals surface area contributed by atoms with Crippen LogP contribution in [-0.4, -0.2) is 29.4 Å². The molecule has 1 heterocycles. The first-order chi connectivity index (χ1) is 10.3. The van der Waals surface area contributed by atoms with Crippen molar-refractivity contribution >= 4 is 30.5 Å². The van der Waals surface area contributed by atoms with Gasteiger partial charge in [0.2, 0.25) is 0 Å². The van der Waals surface area contributed by atoms with Gasteiger partial charge in [0.1, 0.15) is 0 Å². The molecular formula is C14H18N4O3Si. The van der Waals surface area contributed by atoms with E-state index in [9.17, 15) is 10.1 Å². The first-order valence-corrected chi connectivity index (χ1v) is 10.6. The third-order valence-corrected chi connectivity index (χ3v) is 4.95. The van der Waals surface area contributed by atoms with Crippen LogP contribution in [0.1, 0.15) is 0 Å². The van der Waals surface area contributed by atoms with Gasteiger partial charge in [-0.3, -0.25) is 10.1 Å². The third-order valence-electron chi connectivity index (χ3n) is 3.24. The van der Waals surface area contributed by atoms with Gasteiger partial charge in [-0.2, -0.15) is 4.68 Å². The van der Waals surface area contributed by atoms with E-state index in [1.54, 1.807) is 10.7 Å². The minimum Gasteiger partial charge on any atom is -0.358 e. The standard InChI is InChI=1S/C14H18N4O3Si/c1-15-14-12-9-11(18(19)20)5-6-13(12)17(16-14)10-21-7-8-22(2,3)4/h5-6,9H,7-8,10H2,2-4H3. The number of rotatable bonds is 6. The van der Waals surface area contributed by atoms with Crippen molar-refractivity contribution in [2.45, 2.75) is 32.4 Å². The van der Waals surface area contributed by atoms with E-state index in [2.05, 4.69) is 29.6 Å². The van der Waals surface area contributed by atoms with Crippen molar-refractivity contribution in [3.05, 3.63) is 39.7 Å². The monoisotopic (exact) mass is 318 g/mol. The predicted molar refractivity (Wildman–Crippen MR) is 86.8 cm³/mol. The van der Waals surface area contributed by atoms with Crippen LogP contribution in [0.4, 0.5) is 11.5 Å². The average Bonchev–Trinajstić information content (AvgIpc) is 2.80. The summed E-state index contributed by atoms with van der Waals surface area (Å²) in [6.07, 6.45) is 0. The third kappa shape index (κ3) is 3.69. The molecule has 1 aromatic carbocycles. The fourth-order valence-electron chi connectivity index (χ4n) is 1.97. The highest BCUT2D eigenvalue weighted by atomic mass is 28.3. The van der Waals surface area contributed by atoms with Gasteiger partial charge < -0.3 is 9.58 Å². The smallest absolute Gasteiger partial charge is 0.303 e. The van der Waals surface area contributed by atoms with Gasteiger partial charge in [0.15, 0.2) is 6.73 Å². The quantitative estimate of drug-likeness (QED) is 0.267. The summed E-state index contributed by atoms with van der Waals surface area (Å²) < 4.78 is 7.22. The Morgan fingerprint density at radius 2 is 2.18 bits per heavy atom. The second-order valence-corrected chi connectivity index (χ2v) is 11.9. The number of ether oxygens (including phenoxy) is 1. The van der Waals surface area contributed by atoms with Gasteiger partial charge in [0.25, 0.3) is 5.69 Å². The molecule has 0 atom stereocenters. The van der Waals surface area contributed by atoms with Crippen LogP contribution in [0.3, 0.4) is 0 Å². The molecule has 0 radical (unpaired) electrons. The van der Waals surface area contributed by atoms with Crippen LogP contribution in [0.2, 0.25) is 25.7 Å². The summed E-state index contributed by atoms with van der Waals surface area (Å²) >= 11 is 0. The molecule has 0 aliphatic rings. The van der Waals surface area contributed by atoms with Crippen LogP contribution >= 0.6 is 0 Å². The van der Waals surface area contributed by atoms with Crippen molar-refractivity contribution in [2.24, 2.45) is 0 Å². The lowest BCUT2D eigenvalue weighted by Gasteiger charge is -2.14. The first kappa shape index (κ1) is 16.1. The second-order valence-electron chi connectivity index (χ2n) is 6.24. The zero-order valence-electron chi connectivity index (χ0n) is 12.9. The van der Waals surface area contributed by atoms with Gasteiger partial charge in [-0.1, -0.05) is 26.2 Å². The number of aromatic nitrogens is 2. The van der Waals surface area contributed by atoms with E-state index in [1.807, 2.05) is 0 Å². The molecule has 116 valence electrons. The Morgan fingerprint density at radius 1 is 1.45 bits per heavy atom. The number of nitro groups is 1. The lowest BCUT2D eigenvalue weighted by Crippen LogP contribution is -2.22. The molecule has 8 heteroatoms. The summed E-state index contributed by atoms with van der Waals surface area (Å²) in [5, 5.41) is 15.5. The van der Waals surface area contributed by atoms with Gasteiger partial charge in [-0.05, 0) is 17.2 Å². The molecule has 0 spiro atoms. The normalized spacial score (nSPS) is 11.5. The van der Waals surface area contributed by atoms with E-state index < -0.39 is 13.0 Å². The van der Waals surface area contributed by atoms with E-state index in [0.29, 0.717) is 17.5 Å². The molecule has 0 aliphatic carbocycles. The fourth-order valence-corrected chi connectivity index (χ4v) is 2.73. The largest absolute Gasteiger partial charge is 0.358 e. The van der Waals surface area contributed by atoms with Crippen LogP contribution < -0.4 is 0 Å². The number of nitro benzene ring substituents is 1. The van der Waals surface area contributed by atoms with E-state index in [1.165, 1.54) is 12.1 Å². The number of benzene rings is 1. The fraction of sp³-hybridized carbons (Fsp3) is 0.429. The van der Waals surface area contributed by atoms with Gasteiger partial charge in [0.05, 0.1) is 10.4 Å². The number of hydrogen-bond acceptors (Lipinski definition) is 4. The molecule has 7 nitrogen and oxygen atoms in total. The molecule has 0 saturated carbocycles. The molecule has 22 heavy (non-hydrogen) atoms. The number of fused-ring (bicyclic) bond motifs is 1. The topological polar surface area (TPSA) is 74.5 Å². The number of non-ortho nitro benzene ring substituents is 1. The predicted octanol–water partition coefficient (Wildman–Crippen LogP) is 3.81. The Kier molecular flexibility index (Phi) is 4.58. The highest BCUT2D eigenvalue weighted by Crippen LogP contribution is 2.29. The molecule has 2 rings (SSSR count). The lowest BCUT2D eigenvalue weighted by molar-refractivity contribution is -0.384. The maximum absolute atomic E-state index is 10.8. The van der Waals surface area contributed by atoms with Gasteiger partial charge >= 0.3 is 5.82 Å². The van der Waals surface area contributed by atoms with Crippen molar-refractivity contribution in [3.8, 4) is 0 Å². The molecule has 0 saturated heterocycles. The summed E-state index contributed by atoms with van der Waals surface area (Å²) in [4.78, 5) is 13.7. The zero-order valence-corrected chi connectivity index (χ0v) is 13.9. The summed E-state index contributed by atoms with van der Waals surface area (Å²) in [5.41, 5.74) is 0.626. The van der Waals surface area contributed by atoms with Crippen LogP contribution in [0.25, 0.3) is 15.7 Å². The van der Waals surface area contributed by atoms with Crippen LogP contribution in [-0.2, 0) is 11.5 Å². The van der Waals surface area contributed by atoms with E-state index in [4.69, 9.17) is 11.3 Å². The first-order valence-electron chi connectivity index (χ1n) is 6.92. The van der Waals surface area contributed by atoms with Crippen molar-refractivity contribution < 1.29 is 9.66 Å². The average molecular weight is 318 g/mol. The number of nitrogens with zero attached hydrogens (tertiary/aromatic N) is 4. The summed E-state index contributed by atoms with van der Waals surface area (Å²) in [5.74, 6) is 0.160. The molecule has 2 aromatic rings. The van der Waals surface area contributed by atoms with Crippen molar-refractivity contribution in [2.75, 3.05) is 6.61 Å². The zero-order chi connectivity index (χ0) is 16.3. The van der Waals surface area contributed by atoms with Crippen LogP contribution in [0.15, 0.2) is 18.2 Å². The summed E-state index contributed by atoms with van der Waals surface area (Å²) in [6.45, 7) is 14.9. The molecular weight excluding hydrogens is 300 g/mol. The van der Waals surface area contributed by atoms with E-state index in [-0.39, 0.29) is 18.2 Å². The van der Waals surface area contributed by atoms with Crippen molar-refractivity contribution in [1.82, 2.24) is 9.78 Å². The van der Waals surface area contributed by atoms with Gasteiger partial charge in [-0.15, -0.1) is 0 Å². The summed E-state index contributed by atoms with van der Waals surface area (Å²) in [6, 6.07) is 5.45. The molecule has 0 amide bonds. The van der Waals surface area contributed by atoms with Crippen molar-refractivity contribution in [3.63, 3.8) is 0 Å². The number of hydrogen-bond donors (Lipinski definition) is 0. The molecule has 0 fully saturated rings. The van der Waals surface area contributed by atoms with Crippen LogP contribution in [0.5, 0.6) is 0 Å². The Morgan fingerprint density at radius 3 is 2.77 bits per heavy atom. The molecule has 0 N–H and O–H groups in total. The minimum absolute atomic E-state index is 0.0448. The van der Waals surface area contributed by atoms with Gasteiger partial charge in [-0.25, -0.2) is 0 Å². The Bertz CT molecular complexity index is 743. The highest BCUT2D eigenvalue weighted by molar-refractivity contribution is 6.76. The Balaban J connectivity index is 2.21. The SMILES string of the molecule is [C-]#[N+]c1nn(COCC[Si](C)(C)C)c2ccc([N+](=O)[O-])cc12. The Hall–Kier alpha value is -2.24. The summed E-state index contributed by atoms with van der Waals surface area (Å²) in [7, 11) is -1.15. The Labute approximate surface area is 129 Å². The maximum atomic E-state index is 10.8. The van der Waals surface area contributed by atoms with Crippen molar-refractivity contribution in [1.29, 1.82) is 0 Å². The van der Waals surface area contributed by atoms with E-state index >= 15 is 0 Å². The maximum Gasteiger partial charge on any atom is 0.303 e. The minimum atomic E-state index is -1.15. The molecule has 0 aliphatic heterocycles. The highest BCUT2D eigenvalue weighted by Gasteiger charge is 2.17. The van der Waals surface area contributed by atoms with Crippen LogP contribution in [0, 0.1) is 16.7 Å². The molecule has 0 unspecified atom stereocenters.